The zero-order chi connectivity index (χ0) is 12.5. The minimum Gasteiger partial charge on any atom is -0.395 e. The number of hydrogen-bond donors (Lipinski definition) is 3. The highest BCUT2D eigenvalue weighted by Crippen LogP contribution is 2.36. The van der Waals surface area contributed by atoms with E-state index >= 15 is 0 Å². The molecule has 0 bridgehead atoms. The Bertz CT molecular complexity index is 395. The van der Waals surface area contributed by atoms with Crippen LogP contribution in [0.2, 0.25) is 0 Å². The van der Waals surface area contributed by atoms with Gasteiger partial charge in [0, 0.05) is 12.1 Å². The molecule has 1 aliphatic rings. The molecule has 1 heterocycles. The Morgan fingerprint density at radius 2 is 1.94 bits per heavy atom. The summed E-state index contributed by atoms with van der Waals surface area (Å²) in [6, 6.07) is 4.85. The van der Waals surface area contributed by atoms with Crippen LogP contribution in [0.25, 0.3) is 0 Å². The highest BCUT2D eigenvalue weighted by Gasteiger charge is 2.36. The van der Waals surface area contributed by atoms with Gasteiger partial charge in [-0.15, -0.1) is 0 Å². The summed E-state index contributed by atoms with van der Waals surface area (Å²) in [6.45, 7) is -0.0995. The van der Waals surface area contributed by atoms with Gasteiger partial charge in [0.1, 0.15) is 0 Å². The standard InChI is InChI=1S/C11H13F3N2O/c12-11(13,14)9-4-2-1-3-8(9)10-5-7(6-17)15-16-10/h1-4,7,10,15-17H,5-6H2. The molecule has 17 heavy (non-hydrogen) atoms. The summed E-state index contributed by atoms with van der Waals surface area (Å²) in [6.07, 6.45) is -3.92. The van der Waals surface area contributed by atoms with Crippen LogP contribution < -0.4 is 10.9 Å². The second-order valence-electron chi connectivity index (χ2n) is 4.04. The lowest BCUT2D eigenvalue weighted by Gasteiger charge is -2.17. The van der Waals surface area contributed by atoms with Crippen molar-refractivity contribution in [2.45, 2.75) is 24.7 Å². The van der Waals surface area contributed by atoms with Gasteiger partial charge in [0.2, 0.25) is 0 Å². The summed E-state index contributed by atoms with van der Waals surface area (Å²) < 4.78 is 38.3. The van der Waals surface area contributed by atoms with Crippen molar-refractivity contribution < 1.29 is 18.3 Å². The van der Waals surface area contributed by atoms with Gasteiger partial charge in [-0.25, -0.2) is 5.43 Å². The first-order valence-corrected chi connectivity index (χ1v) is 5.30. The lowest BCUT2D eigenvalue weighted by Crippen LogP contribution is -2.33. The molecule has 2 unspecified atom stereocenters. The van der Waals surface area contributed by atoms with Gasteiger partial charge in [0.25, 0.3) is 0 Å². The number of aliphatic hydroxyl groups excluding tert-OH is 1. The van der Waals surface area contributed by atoms with E-state index in [1.807, 2.05) is 0 Å². The first-order valence-electron chi connectivity index (χ1n) is 5.30. The third-order valence-corrected chi connectivity index (χ3v) is 2.84. The van der Waals surface area contributed by atoms with Crippen LogP contribution in [0.1, 0.15) is 23.6 Å². The molecule has 1 aromatic rings. The number of hydrazine groups is 1. The van der Waals surface area contributed by atoms with Crippen molar-refractivity contribution in [3.8, 4) is 0 Å². The molecular weight excluding hydrogens is 233 g/mol. The Balaban J connectivity index is 2.27. The average molecular weight is 246 g/mol. The van der Waals surface area contributed by atoms with Crippen LogP contribution in [0.5, 0.6) is 0 Å². The average Bonchev–Trinajstić information content (AvgIpc) is 2.76. The minimum atomic E-state index is -4.35. The molecule has 0 aliphatic carbocycles. The van der Waals surface area contributed by atoms with Crippen molar-refractivity contribution in [3.63, 3.8) is 0 Å². The lowest BCUT2D eigenvalue weighted by molar-refractivity contribution is -0.138. The van der Waals surface area contributed by atoms with Crippen LogP contribution in [-0.2, 0) is 6.18 Å². The lowest BCUT2D eigenvalue weighted by atomic mass is 9.97. The molecular formula is C11H13F3N2O. The third kappa shape index (κ3) is 2.59. The number of halogens is 3. The topological polar surface area (TPSA) is 44.3 Å². The predicted molar refractivity (Wildman–Crippen MR) is 55.9 cm³/mol. The van der Waals surface area contributed by atoms with Crippen LogP contribution >= 0.6 is 0 Å². The molecule has 2 rings (SSSR count). The van der Waals surface area contributed by atoms with E-state index in [-0.39, 0.29) is 18.2 Å². The summed E-state index contributed by atoms with van der Waals surface area (Å²) in [7, 11) is 0. The Hall–Kier alpha value is -1.11. The van der Waals surface area contributed by atoms with Gasteiger partial charge in [-0.3, -0.25) is 5.43 Å². The maximum absolute atomic E-state index is 12.8. The van der Waals surface area contributed by atoms with E-state index in [0.29, 0.717) is 6.42 Å². The number of alkyl halides is 3. The molecule has 1 saturated heterocycles. The van der Waals surface area contributed by atoms with Gasteiger partial charge >= 0.3 is 6.18 Å². The Kier molecular flexibility index (Phi) is 3.37. The zero-order valence-corrected chi connectivity index (χ0v) is 8.96. The van der Waals surface area contributed by atoms with Crippen molar-refractivity contribution >= 4 is 0 Å². The third-order valence-electron chi connectivity index (χ3n) is 2.84. The highest BCUT2D eigenvalue weighted by molar-refractivity contribution is 5.33. The molecule has 0 aromatic heterocycles. The van der Waals surface area contributed by atoms with Gasteiger partial charge in [-0.2, -0.15) is 13.2 Å². The fraction of sp³-hybridized carbons (Fsp3) is 0.455. The Morgan fingerprint density at radius 3 is 2.53 bits per heavy atom. The van der Waals surface area contributed by atoms with Crippen molar-refractivity contribution in [3.05, 3.63) is 35.4 Å². The van der Waals surface area contributed by atoms with Crippen LogP contribution in [0.3, 0.4) is 0 Å². The summed E-state index contributed by atoms with van der Waals surface area (Å²) in [5.74, 6) is 0. The fourth-order valence-electron chi connectivity index (χ4n) is 2.00. The zero-order valence-electron chi connectivity index (χ0n) is 8.96. The molecule has 3 N–H and O–H groups in total. The van der Waals surface area contributed by atoms with Gasteiger partial charge in [0.05, 0.1) is 12.2 Å². The molecule has 0 amide bonds. The van der Waals surface area contributed by atoms with E-state index in [0.717, 1.165) is 6.07 Å². The number of benzene rings is 1. The van der Waals surface area contributed by atoms with Crippen LogP contribution in [0, 0.1) is 0 Å². The summed E-state index contributed by atoms with van der Waals surface area (Å²) in [5.41, 5.74) is 5.13. The number of nitrogens with one attached hydrogen (secondary N) is 2. The first kappa shape index (κ1) is 12.3. The van der Waals surface area contributed by atoms with Crippen LogP contribution in [-0.4, -0.2) is 17.8 Å². The van der Waals surface area contributed by atoms with Gasteiger partial charge in [-0.1, -0.05) is 18.2 Å². The maximum atomic E-state index is 12.8. The number of hydrogen-bond acceptors (Lipinski definition) is 3. The summed E-state index contributed by atoms with van der Waals surface area (Å²) >= 11 is 0. The van der Waals surface area contributed by atoms with Gasteiger partial charge in [-0.05, 0) is 18.1 Å². The highest BCUT2D eigenvalue weighted by atomic mass is 19.4. The molecule has 0 radical (unpaired) electrons. The second-order valence-corrected chi connectivity index (χ2v) is 4.04. The Morgan fingerprint density at radius 1 is 1.24 bits per heavy atom. The molecule has 3 nitrogen and oxygen atoms in total. The molecule has 0 saturated carbocycles. The number of rotatable bonds is 2. The second kappa shape index (κ2) is 4.64. The van der Waals surface area contributed by atoms with E-state index in [4.69, 9.17) is 5.11 Å². The monoisotopic (exact) mass is 246 g/mol. The van der Waals surface area contributed by atoms with Crippen LogP contribution in [0.4, 0.5) is 13.2 Å². The normalized spacial score (nSPS) is 25.2. The van der Waals surface area contributed by atoms with Crippen molar-refractivity contribution in [1.29, 1.82) is 0 Å². The molecule has 94 valence electrons. The SMILES string of the molecule is OCC1CC(c2ccccc2C(F)(F)F)NN1. The van der Waals surface area contributed by atoms with Crippen molar-refractivity contribution in [2.24, 2.45) is 0 Å². The molecule has 2 atom stereocenters. The van der Waals surface area contributed by atoms with E-state index in [1.165, 1.54) is 12.1 Å². The Labute approximate surface area is 96.6 Å². The van der Waals surface area contributed by atoms with E-state index < -0.39 is 17.8 Å². The molecule has 1 fully saturated rings. The largest absolute Gasteiger partial charge is 0.416 e. The van der Waals surface area contributed by atoms with Crippen molar-refractivity contribution in [2.75, 3.05) is 6.61 Å². The van der Waals surface area contributed by atoms with Crippen LogP contribution in [0.15, 0.2) is 24.3 Å². The molecule has 1 aromatic carbocycles. The molecule has 1 aliphatic heterocycles. The maximum Gasteiger partial charge on any atom is 0.416 e. The first-order chi connectivity index (χ1) is 8.02. The minimum absolute atomic E-state index is 0.0995. The van der Waals surface area contributed by atoms with Crippen molar-refractivity contribution in [1.82, 2.24) is 10.9 Å². The number of aliphatic hydroxyl groups is 1. The fourth-order valence-corrected chi connectivity index (χ4v) is 2.00. The quantitative estimate of drug-likeness (QED) is 0.742. The summed E-state index contributed by atoms with van der Waals surface area (Å²) in [4.78, 5) is 0. The summed E-state index contributed by atoms with van der Waals surface area (Å²) in [5, 5.41) is 8.94. The van der Waals surface area contributed by atoms with Gasteiger partial charge in [0.15, 0.2) is 0 Å². The predicted octanol–water partition coefficient (Wildman–Crippen LogP) is 1.61. The molecule has 6 heteroatoms. The molecule has 0 spiro atoms. The van der Waals surface area contributed by atoms with E-state index in [2.05, 4.69) is 10.9 Å². The smallest absolute Gasteiger partial charge is 0.395 e. The van der Waals surface area contributed by atoms with Gasteiger partial charge < -0.3 is 5.11 Å². The van der Waals surface area contributed by atoms with E-state index in [9.17, 15) is 13.2 Å². The van der Waals surface area contributed by atoms with E-state index in [1.54, 1.807) is 6.07 Å².